The molecule has 1 aromatic rings. The van der Waals surface area contributed by atoms with Crippen molar-refractivity contribution in [1.82, 2.24) is 0 Å². The summed E-state index contributed by atoms with van der Waals surface area (Å²) in [5.74, 6) is 0.848. The van der Waals surface area contributed by atoms with Gasteiger partial charge in [-0.3, -0.25) is 4.79 Å². The highest BCUT2D eigenvalue weighted by Gasteiger charge is 2.28. The number of nitrogens with one attached hydrogen (secondary N) is 1. The summed E-state index contributed by atoms with van der Waals surface area (Å²) < 4.78 is 10.4. The number of anilines is 1. The summed E-state index contributed by atoms with van der Waals surface area (Å²) in [4.78, 5) is 12.0. The normalized spacial score (nSPS) is 15.2. The molecule has 0 bridgehead atoms. The van der Waals surface area contributed by atoms with Gasteiger partial charge in [-0.1, -0.05) is 32.4 Å². The lowest BCUT2D eigenvalue weighted by molar-refractivity contribution is -0.119. The van der Waals surface area contributed by atoms with Crippen LogP contribution in [-0.2, 0) is 4.79 Å². The van der Waals surface area contributed by atoms with Gasteiger partial charge in [0.25, 0.3) is 0 Å². The number of benzene rings is 1. The molecule has 5 nitrogen and oxygen atoms in total. The predicted octanol–water partition coefficient (Wildman–Crippen LogP) is 2.38. The van der Waals surface area contributed by atoms with Gasteiger partial charge in [0.2, 0.25) is 12.7 Å². The average molecular weight is 285 g/mol. The molecule has 1 heterocycles. The Morgan fingerprint density at radius 1 is 1.37 bits per heavy atom. The van der Waals surface area contributed by atoms with Crippen LogP contribution in [0.25, 0.3) is 0 Å². The highest BCUT2D eigenvalue weighted by Crippen LogP contribution is 2.39. The van der Waals surface area contributed by atoms with E-state index in [0.29, 0.717) is 22.2 Å². The number of halogens is 1. The SMILES string of the molecule is CC(C)(C)C(N)C(=O)Nc1cc2c(cc1Cl)OCO2. The van der Waals surface area contributed by atoms with Gasteiger partial charge in [-0.2, -0.15) is 0 Å². The van der Waals surface area contributed by atoms with Crippen molar-refractivity contribution in [2.24, 2.45) is 11.1 Å². The number of nitrogens with two attached hydrogens (primary N) is 1. The number of ether oxygens (including phenoxy) is 2. The minimum absolute atomic E-state index is 0.157. The van der Waals surface area contributed by atoms with Gasteiger partial charge in [-0.05, 0) is 5.41 Å². The van der Waals surface area contributed by atoms with Crippen molar-refractivity contribution < 1.29 is 14.3 Å². The third kappa shape index (κ3) is 2.93. The second-order valence-corrected chi connectivity index (χ2v) is 5.93. The maximum absolute atomic E-state index is 12.0. The highest BCUT2D eigenvalue weighted by molar-refractivity contribution is 6.34. The summed E-state index contributed by atoms with van der Waals surface area (Å²) in [6, 6.07) is 2.62. The van der Waals surface area contributed by atoms with Crippen LogP contribution in [0.4, 0.5) is 5.69 Å². The van der Waals surface area contributed by atoms with Crippen LogP contribution in [0.2, 0.25) is 5.02 Å². The molecule has 1 amide bonds. The molecule has 0 saturated carbocycles. The molecule has 0 spiro atoms. The van der Waals surface area contributed by atoms with E-state index in [1.807, 2.05) is 20.8 Å². The van der Waals surface area contributed by atoms with Crippen molar-refractivity contribution >= 4 is 23.2 Å². The zero-order chi connectivity index (χ0) is 14.2. The van der Waals surface area contributed by atoms with Gasteiger partial charge in [0, 0.05) is 12.1 Å². The van der Waals surface area contributed by atoms with Gasteiger partial charge < -0.3 is 20.5 Å². The van der Waals surface area contributed by atoms with E-state index in [9.17, 15) is 4.79 Å². The van der Waals surface area contributed by atoms with E-state index in [1.54, 1.807) is 12.1 Å². The Kier molecular flexibility index (Phi) is 3.60. The Bertz CT molecular complexity index is 511. The Morgan fingerprint density at radius 2 is 1.95 bits per heavy atom. The van der Waals surface area contributed by atoms with Crippen LogP contribution in [-0.4, -0.2) is 18.7 Å². The maximum Gasteiger partial charge on any atom is 0.241 e. The summed E-state index contributed by atoms with van der Waals surface area (Å²) in [6.07, 6.45) is 0. The number of fused-ring (bicyclic) bond motifs is 1. The average Bonchev–Trinajstić information content (AvgIpc) is 2.74. The monoisotopic (exact) mass is 284 g/mol. The minimum Gasteiger partial charge on any atom is -0.454 e. The summed E-state index contributed by atoms with van der Waals surface area (Å²) in [5.41, 5.74) is 6.04. The third-order valence-corrected chi connectivity index (χ3v) is 3.25. The van der Waals surface area contributed by atoms with Crippen LogP contribution in [0.5, 0.6) is 11.5 Å². The Labute approximate surface area is 117 Å². The molecule has 1 aliphatic rings. The summed E-state index contributed by atoms with van der Waals surface area (Å²) in [6.45, 7) is 5.86. The first-order chi connectivity index (χ1) is 8.79. The van der Waals surface area contributed by atoms with Gasteiger partial charge in [-0.25, -0.2) is 0 Å². The van der Waals surface area contributed by atoms with Crippen molar-refractivity contribution in [2.45, 2.75) is 26.8 Å². The summed E-state index contributed by atoms with van der Waals surface area (Å²) in [5, 5.41) is 3.10. The lowest BCUT2D eigenvalue weighted by atomic mass is 9.87. The molecule has 1 unspecified atom stereocenters. The van der Waals surface area contributed by atoms with Gasteiger partial charge in [0.05, 0.1) is 16.8 Å². The number of hydrogen-bond donors (Lipinski definition) is 2. The fourth-order valence-corrected chi connectivity index (χ4v) is 1.82. The van der Waals surface area contributed by atoms with Crippen LogP contribution in [0.3, 0.4) is 0 Å². The first-order valence-corrected chi connectivity index (χ1v) is 6.32. The van der Waals surface area contributed by atoms with E-state index in [1.165, 1.54) is 0 Å². The van der Waals surface area contributed by atoms with Crippen molar-refractivity contribution in [3.8, 4) is 11.5 Å². The molecule has 2 rings (SSSR count). The molecular formula is C13H17ClN2O3. The number of amides is 1. The standard InChI is InChI=1S/C13H17ClN2O3/c1-13(2,3)11(15)12(17)16-8-5-10-9(4-7(8)14)18-6-19-10/h4-5,11H,6,15H2,1-3H3,(H,16,17). The molecule has 1 aromatic carbocycles. The molecule has 19 heavy (non-hydrogen) atoms. The van der Waals surface area contributed by atoms with Crippen molar-refractivity contribution in [2.75, 3.05) is 12.1 Å². The van der Waals surface area contributed by atoms with Crippen LogP contribution in [0.15, 0.2) is 12.1 Å². The number of hydrogen-bond acceptors (Lipinski definition) is 4. The topological polar surface area (TPSA) is 73.6 Å². The van der Waals surface area contributed by atoms with E-state index in [0.717, 1.165) is 0 Å². The van der Waals surface area contributed by atoms with Gasteiger partial charge >= 0.3 is 0 Å². The summed E-state index contributed by atoms with van der Waals surface area (Å²) >= 11 is 6.08. The number of carbonyl (C=O) groups is 1. The quantitative estimate of drug-likeness (QED) is 0.874. The lowest BCUT2D eigenvalue weighted by Crippen LogP contribution is -2.45. The van der Waals surface area contributed by atoms with Crippen molar-refractivity contribution in [1.29, 1.82) is 0 Å². The second-order valence-electron chi connectivity index (χ2n) is 5.52. The Hall–Kier alpha value is -1.46. The number of carbonyl (C=O) groups excluding carboxylic acids is 1. The molecule has 1 atom stereocenters. The smallest absolute Gasteiger partial charge is 0.241 e. The van der Waals surface area contributed by atoms with Gasteiger partial charge in [0.1, 0.15) is 0 Å². The second kappa shape index (κ2) is 4.90. The fourth-order valence-electron chi connectivity index (χ4n) is 1.62. The maximum atomic E-state index is 12.0. The van der Waals surface area contributed by atoms with Crippen LogP contribution in [0.1, 0.15) is 20.8 Å². The molecule has 0 fully saturated rings. The Balaban J connectivity index is 2.18. The van der Waals surface area contributed by atoms with Gasteiger partial charge in [0.15, 0.2) is 11.5 Å². The molecule has 104 valence electrons. The predicted molar refractivity (Wildman–Crippen MR) is 73.6 cm³/mol. The molecule has 0 aromatic heterocycles. The summed E-state index contributed by atoms with van der Waals surface area (Å²) in [7, 11) is 0. The molecule has 6 heteroatoms. The fraction of sp³-hybridized carbons (Fsp3) is 0.462. The van der Waals surface area contributed by atoms with Gasteiger partial charge in [-0.15, -0.1) is 0 Å². The lowest BCUT2D eigenvalue weighted by Gasteiger charge is -2.26. The highest BCUT2D eigenvalue weighted by atomic mass is 35.5. The van der Waals surface area contributed by atoms with Crippen LogP contribution >= 0.6 is 11.6 Å². The van der Waals surface area contributed by atoms with E-state index < -0.39 is 6.04 Å². The Morgan fingerprint density at radius 3 is 2.53 bits per heavy atom. The molecule has 1 aliphatic heterocycles. The van der Waals surface area contributed by atoms with E-state index in [-0.39, 0.29) is 18.1 Å². The zero-order valence-electron chi connectivity index (χ0n) is 11.1. The van der Waals surface area contributed by atoms with Crippen LogP contribution < -0.4 is 20.5 Å². The van der Waals surface area contributed by atoms with E-state index in [2.05, 4.69) is 5.32 Å². The molecule has 3 N–H and O–H groups in total. The largest absolute Gasteiger partial charge is 0.454 e. The molecule has 0 aliphatic carbocycles. The first kappa shape index (κ1) is 14.0. The van der Waals surface area contributed by atoms with E-state index >= 15 is 0 Å². The molecular weight excluding hydrogens is 268 g/mol. The first-order valence-electron chi connectivity index (χ1n) is 5.94. The minimum atomic E-state index is -0.631. The molecule has 0 saturated heterocycles. The van der Waals surface area contributed by atoms with Crippen LogP contribution in [0, 0.1) is 5.41 Å². The van der Waals surface area contributed by atoms with Crippen molar-refractivity contribution in [3.05, 3.63) is 17.2 Å². The number of rotatable bonds is 2. The third-order valence-electron chi connectivity index (χ3n) is 2.94. The molecule has 0 radical (unpaired) electrons. The van der Waals surface area contributed by atoms with Crippen molar-refractivity contribution in [3.63, 3.8) is 0 Å². The zero-order valence-corrected chi connectivity index (χ0v) is 11.9. The van der Waals surface area contributed by atoms with E-state index in [4.69, 9.17) is 26.8 Å².